The van der Waals surface area contributed by atoms with Gasteiger partial charge in [-0.25, -0.2) is 9.07 Å². The molecule has 0 N–H and O–H groups in total. The zero-order valence-corrected chi connectivity index (χ0v) is 14.8. The van der Waals surface area contributed by atoms with Crippen molar-refractivity contribution in [2.75, 3.05) is 32.7 Å². The zero-order chi connectivity index (χ0) is 17.8. The number of tetrazole rings is 1. The summed E-state index contributed by atoms with van der Waals surface area (Å²) in [5.74, 6) is 0.469. The molecule has 1 fully saturated rings. The van der Waals surface area contributed by atoms with Crippen LogP contribution in [0.25, 0.3) is 0 Å². The lowest BCUT2D eigenvalue weighted by atomic mass is 10.0. The van der Waals surface area contributed by atoms with E-state index in [-0.39, 0.29) is 17.9 Å². The normalized spacial score (nSPS) is 17.8. The predicted molar refractivity (Wildman–Crippen MR) is 94.7 cm³/mol. The number of hydrogen-bond acceptors (Lipinski definition) is 5. The first-order valence-electron chi connectivity index (χ1n) is 8.71. The molecule has 6 nitrogen and oxygen atoms in total. The number of nitrogens with zero attached hydrogens (tertiary/aromatic N) is 6. The Morgan fingerprint density at radius 1 is 1.20 bits per heavy atom. The van der Waals surface area contributed by atoms with Crippen molar-refractivity contribution in [3.05, 3.63) is 54.1 Å². The Balaban J connectivity index is 1.95. The van der Waals surface area contributed by atoms with Crippen molar-refractivity contribution >= 4 is 0 Å². The Hall–Kier alpha value is -2.12. The van der Waals surface area contributed by atoms with Gasteiger partial charge in [0.1, 0.15) is 11.9 Å². The Morgan fingerprint density at radius 2 is 1.92 bits per heavy atom. The quantitative estimate of drug-likeness (QED) is 0.753. The van der Waals surface area contributed by atoms with Crippen molar-refractivity contribution in [1.82, 2.24) is 30.0 Å². The van der Waals surface area contributed by atoms with Gasteiger partial charge in [0.15, 0.2) is 5.82 Å². The number of hydrogen-bond donors (Lipinski definition) is 0. The molecule has 1 aromatic heterocycles. The number of piperazine rings is 1. The highest BCUT2D eigenvalue weighted by Crippen LogP contribution is 2.30. The van der Waals surface area contributed by atoms with E-state index >= 15 is 0 Å². The van der Waals surface area contributed by atoms with E-state index in [1.165, 1.54) is 6.07 Å². The molecule has 0 radical (unpaired) electrons. The highest BCUT2D eigenvalue weighted by molar-refractivity contribution is 5.26. The minimum atomic E-state index is -0.288. The molecule has 1 saturated heterocycles. The monoisotopic (exact) mass is 344 g/mol. The highest BCUT2D eigenvalue weighted by Gasteiger charge is 2.32. The maximum Gasteiger partial charge on any atom is 0.173 e. The summed E-state index contributed by atoms with van der Waals surface area (Å²) in [6.07, 6.45) is 1.92. The maximum absolute atomic E-state index is 14.6. The van der Waals surface area contributed by atoms with Gasteiger partial charge >= 0.3 is 0 Å². The second-order valence-electron chi connectivity index (χ2n) is 6.62. The summed E-state index contributed by atoms with van der Waals surface area (Å²) in [5, 5.41) is 12.2. The summed E-state index contributed by atoms with van der Waals surface area (Å²) in [6.45, 7) is 12.2. The lowest BCUT2D eigenvalue weighted by Gasteiger charge is -2.38. The van der Waals surface area contributed by atoms with Crippen molar-refractivity contribution < 1.29 is 4.39 Å². The predicted octanol–water partition coefficient (Wildman–Crippen LogP) is 2.29. The second kappa shape index (κ2) is 7.84. The summed E-state index contributed by atoms with van der Waals surface area (Å²) in [4.78, 5) is 4.61. The highest BCUT2D eigenvalue weighted by atomic mass is 19.1. The average Bonchev–Trinajstić information content (AvgIpc) is 3.08. The van der Waals surface area contributed by atoms with E-state index < -0.39 is 0 Å². The lowest BCUT2D eigenvalue weighted by molar-refractivity contribution is 0.110. The summed E-state index contributed by atoms with van der Waals surface area (Å²) in [6, 6.07) is 6.73. The van der Waals surface area contributed by atoms with Crippen LogP contribution in [0.3, 0.4) is 0 Å². The maximum atomic E-state index is 14.6. The Labute approximate surface area is 147 Å². The van der Waals surface area contributed by atoms with Crippen molar-refractivity contribution in [2.24, 2.45) is 0 Å². The molecule has 0 aliphatic carbocycles. The molecule has 3 rings (SSSR count). The van der Waals surface area contributed by atoms with E-state index in [0.717, 1.165) is 32.7 Å². The van der Waals surface area contributed by atoms with Gasteiger partial charge in [-0.05, 0) is 30.3 Å². The van der Waals surface area contributed by atoms with E-state index in [1.807, 2.05) is 32.1 Å². The number of rotatable bonds is 6. The fraction of sp³-hybridized carbons (Fsp3) is 0.500. The van der Waals surface area contributed by atoms with Crippen LogP contribution >= 0.6 is 0 Å². The summed E-state index contributed by atoms with van der Waals surface area (Å²) < 4.78 is 16.4. The first-order valence-corrected chi connectivity index (χ1v) is 8.71. The molecule has 1 aliphatic heterocycles. The minimum Gasteiger partial charge on any atom is -0.297 e. The summed E-state index contributed by atoms with van der Waals surface area (Å²) in [7, 11) is 0. The topological polar surface area (TPSA) is 50.1 Å². The molecule has 0 saturated carbocycles. The Morgan fingerprint density at radius 3 is 2.56 bits per heavy atom. The molecule has 0 amide bonds. The smallest absolute Gasteiger partial charge is 0.173 e. The molecule has 1 atom stereocenters. The van der Waals surface area contributed by atoms with Gasteiger partial charge in [0.05, 0.1) is 6.04 Å². The van der Waals surface area contributed by atoms with Crippen molar-refractivity contribution in [3.8, 4) is 0 Å². The van der Waals surface area contributed by atoms with E-state index in [9.17, 15) is 4.39 Å². The molecule has 25 heavy (non-hydrogen) atoms. The molecule has 0 spiro atoms. The molecule has 7 heteroatoms. The molecular weight excluding hydrogens is 319 g/mol. The first-order chi connectivity index (χ1) is 12.1. The lowest BCUT2D eigenvalue weighted by Crippen LogP contribution is -2.48. The zero-order valence-electron chi connectivity index (χ0n) is 14.8. The molecule has 2 aromatic rings. The second-order valence-corrected chi connectivity index (χ2v) is 6.62. The van der Waals surface area contributed by atoms with Crippen LogP contribution in [0, 0.1) is 5.82 Å². The number of benzene rings is 1. The van der Waals surface area contributed by atoms with E-state index in [4.69, 9.17) is 0 Å². The van der Waals surface area contributed by atoms with Crippen LogP contribution in [0.2, 0.25) is 0 Å². The van der Waals surface area contributed by atoms with E-state index in [2.05, 4.69) is 31.9 Å². The summed E-state index contributed by atoms with van der Waals surface area (Å²) in [5.41, 5.74) is 0.622. The van der Waals surface area contributed by atoms with Gasteiger partial charge in [-0.1, -0.05) is 24.3 Å². The third-order valence-electron chi connectivity index (χ3n) is 4.61. The largest absolute Gasteiger partial charge is 0.297 e. The minimum absolute atomic E-state index is 0.112. The van der Waals surface area contributed by atoms with Crippen molar-refractivity contribution in [1.29, 1.82) is 0 Å². The van der Waals surface area contributed by atoms with Crippen molar-refractivity contribution in [3.63, 3.8) is 0 Å². The molecule has 2 heterocycles. The SMILES string of the molecule is C=CCN1CCN(C(c2ccccc2F)c2nnnn2C(C)C)CC1. The molecule has 0 bridgehead atoms. The molecular formula is C18H25FN6. The van der Waals surface area contributed by atoms with Gasteiger partial charge in [0.25, 0.3) is 0 Å². The van der Waals surface area contributed by atoms with Crippen molar-refractivity contribution in [2.45, 2.75) is 25.9 Å². The van der Waals surface area contributed by atoms with E-state index in [1.54, 1.807) is 10.7 Å². The fourth-order valence-electron chi connectivity index (χ4n) is 3.33. The van der Waals surface area contributed by atoms with Gasteiger partial charge in [0, 0.05) is 38.3 Å². The van der Waals surface area contributed by atoms with Crippen LogP contribution in [-0.2, 0) is 0 Å². The third kappa shape index (κ3) is 3.77. The Kier molecular flexibility index (Phi) is 5.55. The van der Waals surface area contributed by atoms with Crippen LogP contribution in [0.5, 0.6) is 0 Å². The molecule has 1 aliphatic rings. The van der Waals surface area contributed by atoms with Gasteiger partial charge in [-0.2, -0.15) is 0 Å². The first kappa shape index (κ1) is 17.7. The average molecular weight is 344 g/mol. The van der Waals surface area contributed by atoms with Crippen LogP contribution in [-0.4, -0.2) is 62.7 Å². The van der Waals surface area contributed by atoms with Gasteiger partial charge < -0.3 is 0 Å². The van der Waals surface area contributed by atoms with Crippen LogP contribution in [0.1, 0.15) is 37.3 Å². The van der Waals surface area contributed by atoms with Gasteiger partial charge in [-0.3, -0.25) is 9.80 Å². The van der Waals surface area contributed by atoms with Crippen LogP contribution in [0.4, 0.5) is 4.39 Å². The Bertz CT molecular complexity index is 705. The van der Waals surface area contributed by atoms with Crippen LogP contribution in [0.15, 0.2) is 36.9 Å². The fourth-order valence-corrected chi connectivity index (χ4v) is 3.33. The standard InChI is InChI=1S/C18H25FN6/c1-4-9-23-10-12-24(13-11-23)17(15-7-5-6-8-16(15)19)18-20-21-22-25(18)14(2)3/h4-8,14,17H,1,9-13H2,2-3H3. The van der Waals surface area contributed by atoms with Crippen LogP contribution < -0.4 is 0 Å². The third-order valence-corrected chi connectivity index (χ3v) is 4.61. The number of halogens is 1. The van der Waals surface area contributed by atoms with Gasteiger partial charge in [-0.15, -0.1) is 11.7 Å². The molecule has 1 aromatic carbocycles. The number of aromatic nitrogens is 4. The van der Waals surface area contributed by atoms with E-state index in [0.29, 0.717) is 11.4 Å². The molecule has 1 unspecified atom stereocenters. The summed E-state index contributed by atoms with van der Waals surface area (Å²) >= 11 is 0. The van der Waals surface area contributed by atoms with Gasteiger partial charge in [0.2, 0.25) is 0 Å². The molecule has 134 valence electrons.